The number of pyridine rings is 1. The van der Waals surface area contributed by atoms with Gasteiger partial charge in [-0.3, -0.25) is 19.0 Å². The predicted octanol–water partition coefficient (Wildman–Crippen LogP) is 4.78. The topological polar surface area (TPSA) is 59.4 Å². The van der Waals surface area contributed by atoms with Gasteiger partial charge in [0.2, 0.25) is 0 Å². The largest absolute Gasteiger partial charge is 0.339 e. The van der Waals surface area contributed by atoms with E-state index >= 15 is 0 Å². The maximum Gasteiger partial charge on any atom is 0.268 e. The molecule has 1 heterocycles. The summed E-state index contributed by atoms with van der Waals surface area (Å²) in [5.74, 6) is -0.451. The quantitative estimate of drug-likeness (QED) is 0.695. The molecule has 7 heteroatoms. The first kappa shape index (κ1) is 21.6. The van der Waals surface area contributed by atoms with Gasteiger partial charge in [-0.05, 0) is 49.9 Å². The Hall–Kier alpha value is -2.11. The Morgan fingerprint density at radius 3 is 2.31 bits per heavy atom. The molecule has 0 atom stereocenters. The summed E-state index contributed by atoms with van der Waals surface area (Å²) in [7, 11) is 0. The first-order valence-corrected chi connectivity index (χ1v) is 10.4. The van der Waals surface area contributed by atoms with Gasteiger partial charge in [-0.25, -0.2) is 0 Å². The lowest BCUT2D eigenvalue weighted by molar-refractivity contribution is 0.0770. The van der Waals surface area contributed by atoms with Gasteiger partial charge in [0.05, 0.1) is 15.7 Å². The first-order chi connectivity index (χ1) is 13.6. The van der Waals surface area contributed by atoms with Crippen molar-refractivity contribution in [2.45, 2.75) is 40.5 Å². The number of amides is 1. The third-order valence-electron chi connectivity index (χ3n) is 5.33. The molecule has 0 fully saturated rings. The second-order valence-electron chi connectivity index (χ2n) is 8.08. The molecule has 0 spiro atoms. The van der Waals surface area contributed by atoms with E-state index in [-0.39, 0.29) is 22.7 Å². The molecule has 1 aromatic carbocycles. The smallest absolute Gasteiger partial charge is 0.268 e. The average molecular weight is 435 g/mol. The molecular weight excluding hydrogens is 411 g/mol. The van der Waals surface area contributed by atoms with Gasteiger partial charge in [0.15, 0.2) is 5.78 Å². The Morgan fingerprint density at radius 2 is 1.72 bits per heavy atom. The summed E-state index contributed by atoms with van der Waals surface area (Å²) < 4.78 is 1.45. The second-order valence-corrected chi connectivity index (χ2v) is 8.89. The summed E-state index contributed by atoms with van der Waals surface area (Å²) >= 11 is 12.2. The van der Waals surface area contributed by atoms with Gasteiger partial charge in [-0.15, -0.1) is 0 Å². The van der Waals surface area contributed by atoms with E-state index in [1.54, 1.807) is 23.1 Å². The van der Waals surface area contributed by atoms with E-state index in [0.717, 1.165) is 0 Å². The molecule has 29 heavy (non-hydrogen) atoms. The maximum atomic E-state index is 13.5. The zero-order valence-electron chi connectivity index (χ0n) is 17.0. The Labute approximate surface area is 180 Å². The van der Waals surface area contributed by atoms with Gasteiger partial charge >= 0.3 is 0 Å². The molecular formula is C22H24Cl2N2O3. The number of ketones is 1. The van der Waals surface area contributed by atoms with Gasteiger partial charge < -0.3 is 4.90 Å². The molecule has 3 rings (SSSR count). The van der Waals surface area contributed by atoms with Crippen LogP contribution in [0.1, 0.15) is 60.5 Å². The molecule has 0 N–H and O–H groups in total. The fourth-order valence-corrected chi connectivity index (χ4v) is 4.14. The number of fused-ring (bicyclic) bond motifs is 1. The van der Waals surface area contributed by atoms with Crippen molar-refractivity contribution in [2.75, 3.05) is 13.1 Å². The number of nitrogens with zero attached hydrogens (tertiary/aromatic N) is 2. The highest BCUT2D eigenvalue weighted by Gasteiger charge is 2.35. The van der Waals surface area contributed by atoms with Crippen LogP contribution in [0.5, 0.6) is 0 Å². The molecule has 1 aromatic heterocycles. The van der Waals surface area contributed by atoms with E-state index < -0.39 is 5.56 Å². The van der Waals surface area contributed by atoms with Crippen molar-refractivity contribution in [3.63, 3.8) is 0 Å². The number of hydrogen-bond donors (Lipinski definition) is 0. The van der Waals surface area contributed by atoms with Crippen LogP contribution in [0, 0.1) is 5.41 Å². The molecule has 1 aliphatic carbocycles. The minimum Gasteiger partial charge on any atom is -0.339 e. The van der Waals surface area contributed by atoms with Crippen LogP contribution in [0.15, 0.2) is 29.1 Å². The molecule has 0 bridgehead atoms. The van der Waals surface area contributed by atoms with Gasteiger partial charge in [0, 0.05) is 30.8 Å². The van der Waals surface area contributed by atoms with E-state index in [1.807, 2.05) is 27.7 Å². The molecule has 5 nitrogen and oxygen atoms in total. The minimum absolute atomic E-state index is 0.00780. The highest BCUT2D eigenvalue weighted by Crippen LogP contribution is 2.36. The van der Waals surface area contributed by atoms with Crippen molar-refractivity contribution in [3.05, 3.63) is 61.5 Å². The number of carbonyl (C=O) groups excluding carboxylic acids is 2. The van der Waals surface area contributed by atoms with E-state index in [0.29, 0.717) is 52.9 Å². The van der Waals surface area contributed by atoms with E-state index in [1.165, 1.54) is 10.6 Å². The van der Waals surface area contributed by atoms with E-state index in [2.05, 4.69) is 0 Å². The highest BCUT2D eigenvalue weighted by molar-refractivity contribution is 6.42. The van der Waals surface area contributed by atoms with Crippen molar-refractivity contribution in [1.82, 2.24) is 9.47 Å². The van der Waals surface area contributed by atoms with Crippen LogP contribution < -0.4 is 5.56 Å². The van der Waals surface area contributed by atoms with Crippen LogP contribution in [0.4, 0.5) is 0 Å². The number of Topliss-reactive ketones (excluding diaryl/α,β-unsaturated/α-hetero) is 1. The van der Waals surface area contributed by atoms with Crippen LogP contribution in [0.2, 0.25) is 10.0 Å². The van der Waals surface area contributed by atoms with Crippen molar-refractivity contribution >= 4 is 34.9 Å². The van der Waals surface area contributed by atoms with Crippen LogP contribution >= 0.6 is 23.2 Å². The van der Waals surface area contributed by atoms with Crippen LogP contribution in [-0.4, -0.2) is 34.2 Å². The minimum atomic E-state index is -0.454. The molecule has 0 saturated heterocycles. The molecule has 2 aromatic rings. The van der Waals surface area contributed by atoms with Crippen LogP contribution in [0.3, 0.4) is 0 Å². The molecule has 0 unspecified atom stereocenters. The molecule has 0 aliphatic heterocycles. The second kappa shape index (κ2) is 7.96. The van der Waals surface area contributed by atoms with Crippen LogP contribution in [0.25, 0.3) is 5.69 Å². The summed E-state index contributed by atoms with van der Waals surface area (Å²) in [6.07, 6.45) is 0.891. The lowest BCUT2D eigenvalue weighted by atomic mass is 9.75. The standard InChI is InChI=1S/C22H24Cl2N2O3/c1-5-25(6-2)20(28)15-10-14-18(11-22(3,4)12-19(14)27)26(21(15)29)13-7-8-16(23)17(24)9-13/h7-10H,5-6,11-12H2,1-4H3. The van der Waals surface area contributed by atoms with Crippen molar-refractivity contribution in [1.29, 1.82) is 0 Å². The molecule has 1 amide bonds. The highest BCUT2D eigenvalue weighted by atomic mass is 35.5. The molecule has 1 aliphatic rings. The van der Waals surface area contributed by atoms with Gasteiger partial charge in [-0.2, -0.15) is 0 Å². The normalized spacial score (nSPS) is 15.2. The lowest BCUT2D eigenvalue weighted by Gasteiger charge is -2.32. The first-order valence-electron chi connectivity index (χ1n) is 9.66. The number of aromatic nitrogens is 1. The lowest BCUT2D eigenvalue weighted by Crippen LogP contribution is -2.40. The zero-order valence-corrected chi connectivity index (χ0v) is 18.5. The Kier molecular flexibility index (Phi) is 5.93. The summed E-state index contributed by atoms with van der Waals surface area (Å²) in [6, 6.07) is 6.34. The number of halogens is 2. The van der Waals surface area contributed by atoms with Crippen molar-refractivity contribution in [3.8, 4) is 5.69 Å². The SMILES string of the molecule is CCN(CC)C(=O)c1cc2c(n(-c3ccc(Cl)c(Cl)c3)c1=O)CC(C)(C)CC2=O. The number of rotatable bonds is 4. The maximum absolute atomic E-state index is 13.5. The Balaban J connectivity index is 2.35. The Morgan fingerprint density at radius 1 is 1.07 bits per heavy atom. The summed E-state index contributed by atoms with van der Waals surface area (Å²) in [4.78, 5) is 40.9. The van der Waals surface area contributed by atoms with E-state index in [4.69, 9.17) is 23.2 Å². The third kappa shape index (κ3) is 3.99. The number of benzene rings is 1. The average Bonchev–Trinajstić information content (AvgIpc) is 2.64. The molecule has 0 saturated carbocycles. The van der Waals surface area contributed by atoms with Gasteiger partial charge in [0.1, 0.15) is 5.56 Å². The van der Waals surface area contributed by atoms with Crippen molar-refractivity contribution in [2.24, 2.45) is 5.41 Å². The Bertz CT molecular complexity index is 1050. The molecule has 0 radical (unpaired) electrons. The summed E-state index contributed by atoms with van der Waals surface area (Å²) in [5.41, 5.74) is 0.756. The predicted molar refractivity (Wildman–Crippen MR) is 116 cm³/mol. The third-order valence-corrected chi connectivity index (χ3v) is 6.07. The number of hydrogen-bond acceptors (Lipinski definition) is 3. The fraction of sp³-hybridized carbons (Fsp3) is 0.409. The van der Waals surface area contributed by atoms with Crippen LogP contribution in [-0.2, 0) is 6.42 Å². The van der Waals surface area contributed by atoms with Crippen molar-refractivity contribution < 1.29 is 9.59 Å². The van der Waals surface area contributed by atoms with Gasteiger partial charge in [0.25, 0.3) is 11.5 Å². The fourth-order valence-electron chi connectivity index (χ4n) is 3.85. The monoisotopic (exact) mass is 434 g/mol. The summed E-state index contributed by atoms with van der Waals surface area (Å²) in [6.45, 7) is 8.63. The molecule has 154 valence electrons. The zero-order chi connectivity index (χ0) is 21.5. The van der Waals surface area contributed by atoms with Gasteiger partial charge in [-0.1, -0.05) is 37.0 Å². The van der Waals surface area contributed by atoms with E-state index in [9.17, 15) is 14.4 Å². The summed E-state index contributed by atoms with van der Waals surface area (Å²) in [5, 5.41) is 0.663. The number of carbonyl (C=O) groups is 2.